The summed E-state index contributed by atoms with van der Waals surface area (Å²) in [6.07, 6.45) is -0.945. The molecule has 0 bridgehead atoms. The van der Waals surface area contributed by atoms with Crippen LogP contribution >= 0.6 is 0 Å². The van der Waals surface area contributed by atoms with Gasteiger partial charge in [-0.2, -0.15) is 0 Å². The van der Waals surface area contributed by atoms with E-state index in [0.717, 1.165) is 18.7 Å². The molecule has 9 heteroatoms. The number of anilines is 1. The molecular formula is C28H36N4O5. The SMILES string of the molecule is CC(C)CC(=O)Nc1cccc(C2OC(=O)N(Cc3ccccc3)C2C(=O)NCCN2CCOCC2)c1. The van der Waals surface area contributed by atoms with Gasteiger partial charge in [0, 0.05) is 38.3 Å². The van der Waals surface area contributed by atoms with Crippen LogP contribution in [0, 0.1) is 5.92 Å². The lowest BCUT2D eigenvalue weighted by molar-refractivity contribution is -0.126. The summed E-state index contributed by atoms with van der Waals surface area (Å²) >= 11 is 0. The highest BCUT2D eigenvalue weighted by Gasteiger charge is 2.47. The van der Waals surface area contributed by atoms with Crippen LogP contribution in [0.15, 0.2) is 54.6 Å². The van der Waals surface area contributed by atoms with Gasteiger partial charge in [0.25, 0.3) is 0 Å². The quantitative estimate of drug-likeness (QED) is 0.511. The molecule has 9 nitrogen and oxygen atoms in total. The molecule has 2 saturated heterocycles. The Morgan fingerprint density at radius 1 is 1.05 bits per heavy atom. The fourth-order valence-corrected chi connectivity index (χ4v) is 4.63. The Balaban J connectivity index is 1.52. The standard InChI is InChI=1S/C28H36N4O5/c1-20(2)17-24(33)30-23-10-6-9-22(18-23)26-25(27(34)29-11-12-31-13-15-36-16-14-31)32(28(35)37-26)19-21-7-4-3-5-8-21/h3-10,18,20,25-26H,11-17,19H2,1-2H3,(H,29,34)(H,30,33). The maximum atomic E-state index is 13.5. The number of nitrogens with one attached hydrogen (secondary N) is 2. The van der Waals surface area contributed by atoms with E-state index in [9.17, 15) is 14.4 Å². The monoisotopic (exact) mass is 508 g/mol. The molecule has 2 N–H and O–H groups in total. The van der Waals surface area contributed by atoms with E-state index in [0.29, 0.717) is 44.0 Å². The molecule has 2 atom stereocenters. The lowest BCUT2D eigenvalue weighted by atomic mass is 10.00. The second-order valence-electron chi connectivity index (χ2n) is 9.88. The van der Waals surface area contributed by atoms with Crippen molar-refractivity contribution in [2.24, 2.45) is 5.92 Å². The molecule has 37 heavy (non-hydrogen) atoms. The van der Waals surface area contributed by atoms with Crippen molar-refractivity contribution in [1.29, 1.82) is 0 Å². The highest BCUT2D eigenvalue weighted by molar-refractivity contribution is 5.91. The van der Waals surface area contributed by atoms with Crippen molar-refractivity contribution in [2.75, 3.05) is 44.7 Å². The van der Waals surface area contributed by atoms with Crippen molar-refractivity contribution >= 4 is 23.6 Å². The van der Waals surface area contributed by atoms with Gasteiger partial charge in [-0.05, 0) is 29.2 Å². The summed E-state index contributed by atoms with van der Waals surface area (Å²) in [5, 5.41) is 5.92. The van der Waals surface area contributed by atoms with E-state index in [-0.39, 0.29) is 24.3 Å². The van der Waals surface area contributed by atoms with Gasteiger partial charge in [0.2, 0.25) is 11.8 Å². The smallest absolute Gasteiger partial charge is 0.411 e. The zero-order valence-corrected chi connectivity index (χ0v) is 21.5. The van der Waals surface area contributed by atoms with Gasteiger partial charge in [0.05, 0.1) is 19.8 Å². The molecule has 2 aromatic carbocycles. The zero-order chi connectivity index (χ0) is 26.2. The summed E-state index contributed by atoms with van der Waals surface area (Å²) in [4.78, 5) is 42.5. The predicted octanol–water partition coefficient (Wildman–Crippen LogP) is 3.18. The Kier molecular flexibility index (Phi) is 9.14. The molecule has 0 aromatic heterocycles. The summed E-state index contributed by atoms with van der Waals surface area (Å²) in [6, 6.07) is 15.9. The molecule has 198 valence electrons. The van der Waals surface area contributed by atoms with Crippen molar-refractivity contribution < 1.29 is 23.9 Å². The van der Waals surface area contributed by atoms with E-state index in [1.165, 1.54) is 4.90 Å². The molecule has 2 aliphatic rings. The highest BCUT2D eigenvalue weighted by atomic mass is 16.6. The minimum Gasteiger partial charge on any atom is -0.438 e. The van der Waals surface area contributed by atoms with Gasteiger partial charge >= 0.3 is 6.09 Å². The number of nitrogens with zero attached hydrogens (tertiary/aromatic N) is 2. The van der Waals surface area contributed by atoms with Crippen molar-refractivity contribution in [3.05, 3.63) is 65.7 Å². The first-order valence-corrected chi connectivity index (χ1v) is 12.9. The van der Waals surface area contributed by atoms with E-state index in [1.54, 1.807) is 18.2 Å². The third-order valence-corrected chi connectivity index (χ3v) is 6.47. The molecule has 2 aromatic rings. The van der Waals surface area contributed by atoms with Crippen molar-refractivity contribution in [3.63, 3.8) is 0 Å². The van der Waals surface area contributed by atoms with Gasteiger partial charge in [-0.15, -0.1) is 0 Å². The number of ether oxygens (including phenoxy) is 2. The van der Waals surface area contributed by atoms with Gasteiger partial charge in [-0.25, -0.2) is 4.79 Å². The summed E-state index contributed by atoms with van der Waals surface area (Å²) in [6.45, 7) is 8.43. The third kappa shape index (κ3) is 7.30. The maximum Gasteiger partial charge on any atom is 0.411 e. The van der Waals surface area contributed by atoms with Crippen LogP contribution in [-0.2, 0) is 25.6 Å². The summed E-state index contributed by atoms with van der Waals surface area (Å²) in [5.41, 5.74) is 2.16. The molecule has 2 fully saturated rings. The van der Waals surface area contributed by atoms with Gasteiger partial charge < -0.3 is 20.1 Å². The Morgan fingerprint density at radius 3 is 2.54 bits per heavy atom. The molecule has 3 amide bonds. The van der Waals surface area contributed by atoms with Gasteiger partial charge in [-0.1, -0.05) is 56.3 Å². The number of carbonyl (C=O) groups is 3. The van der Waals surface area contributed by atoms with Crippen molar-refractivity contribution in [1.82, 2.24) is 15.1 Å². The van der Waals surface area contributed by atoms with Crippen LogP contribution in [0.2, 0.25) is 0 Å². The van der Waals surface area contributed by atoms with Crippen molar-refractivity contribution in [2.45, 2.75) is 39.0 Å². The van der Waals surface area contributed by atoms with Crippen LogP contribution < -0.4 is 10.6 Å². The van der Waals surface area contributed by atoms with E-state index in [4.69, 9.17) is 9.47 Å². The van der Waals surface area contributed by atoms with Crippen LogP contribution in [-0.4, -0.2) is 73.1 Å². The Labute approximate surface area is 218 Å². The summed E-state index contributed by atoms with van der Waals surface area (Å²) in [5.74, 6) is -0.121. The molecule has 0 aliphatic carbocycles. The average molecular weight is 509 g/mol. The zero-order valence-electron chi connectivity index (χ0n) is 21.5. The van der Waals surface area contributed by atoms with E-state index in [1.807, 2.05) is 50.2 Å². The lowest BCUT2D eigenvalue weighted by Crippen LogP contribution is -2.48. The average Bonchev–Trinajstić information content (AvgIpc) is 3.20. The van der Waals surface area contributed by atoms with Crippen LogP contribution in [0.4, 0.5) is 10.5 Å². The van der Waals surface area contributed by atoms with Crippen LogP contribution in [0.25, 0.3) is 0 Å². The Bertz CT molecular complexity index is 1070. The second kappa shape index (κ2) is 12.7. The molecule has 4 rings (SSSR count). The first-order chi connectivity index (χ1) is 17.9. The number of benzene rings is 2. The van der Waals surface area contributed by atoms with Gasteiger partial charge in [-0.3, -0.25) is 19.4 Å². The number of amides is 3. The minimum atomic E-state index is -0.848. The first kappa shape index (κ1) is 26.6. The fraction of sp³-hybridized carbons (Fsp3) is 0.464. The fourth-order valence-electron chi connectivity index (χ4n) is 4.63. The molecular weight excluding hydrogens is 472 g/mol. The largest absolute Gasteiger partial charge is 0.438 e. The molecule has 2 unspecified atom stereocenters. The Morgan fingerprint density at radius 2 is 1.81 bits per heavy atom. The number of hydrogen-bond donors (Lipinski definition) is 2. The van der Waals surface area contributed by atoms with Gasteiger partial charge in [0.1, 0.15) is 0 Å². The Hall–Kier alpha value is -3.43. The molecule has 0 spiro atoms. The number of morpholine rings is 1. The van der Waals surface area contributed by atoms with Crippen LogP contribution in [0.3, 0.4) is 0 Å². The number of cyclic esters (lactones) is 1. The van der Waals surface area contributed by atoms with Gasteiger partial charge in [0.15, 0.2) is 12.1 Å². The molecule has 2 heterocycles. The number of carbonyl (C=O) groups excluding carboxylic acids is 3. The predicted molar refractivity (Wildman–Crippen MR) is 140 cm³/mol. The third-order valence-electron chi connectivity index (χ3n) is 6.47. The van der Waals surface area contributed by atoms with Crippen molar-refractivity contribution in [3.8, 4) is 0 Å². The summed E-state index contributed by atoms with van der Waals surface area (Å²) in [7, 11) is 0. The van der Waals surface area contributed by atoms with Crippen LogP contribution in [0.1, 0.15) is 37.5 Å². The topological polar surface area (TPSA) is 100 Å². The number of hydrogen-bond acceptors (Lipinski definition) is 6. The molecule has 2 aliphatic heterocycles. The van der Waals surface area contributed by atoms with E-state index < -0.39 is 18.2 Å². The second-order valence-corrected chi connectivity index (χ2v) is 9.88. The van der Waals surface area contributed by atoms with E-state index >= 15 is 0 Å². The minimum absolute atomic E-state index is 0.0846. The highest BCUT2D eigenvalue weighted by Crippen LogP contribution is 2.35. The summed E-state index contributed by atoms with van der Waals surface area (Å²) < 4.78 is 11.2. The van der Waals surface area contributed by atoms with E-state index in [2.05, 4.69) is 15.5 Å². The number of rotatable bonds is 10. The molecule has 0 radical (unpaired) electrons. The maximum absolute atomic E-state index is 13.5. The first-order valence-electron chi connectivity index (χ1n) is 12.9. The van der Waals surface area contributed by atoms with Crippen LogP contribution in [0.5, 0.6) is 0 Å². The lowest BCUT2D eigenvalue weighted by Gasteiger charge is -2.28. The normalized spacial score (nSPS) is 20.1. The molecule has 0 saturated carbocycles.